The Kier molecular flexibility index (Phi) is 9.75. The van der Waals surface area contributed by atoms with Crippen LogP contribution in [0.4, 0.5) is 32.0 Å². The van der Waals surface area contributed by atoms with Crippen LogP contribution in [0.3, 0.4) is 0 Å². The van der Waals surface area contributed by atoms with Gasteiger partial charge in [-0.25, -0.2) is 0 Å². The minimum atomic E-state index is -5.15. The van der Waals surface area contributed by atoms with E-state index in [1.807, 2.05) is 0 Å². The smallest absolute Gasteiger partial charge is 0.416 e. The monoisotopic (exact) mass is 655 g/mol. The normalized spacial score (nSPS) is 11.7. The molecule has 0 atom stereocenters. The van der Waals surface area contributed by atoms with Gasteiger partial charge in [-0.15, -0.1) is 0 Å². The van der Waals surface area contributed by atoms with Crippen molar-refractivity contribution in [2.24, 2.45) is 0 Å². The number of carboxylic acid groups (broad SMARTS) is 1. The number of carboxylic acids is 1. The van der Waals surface area contributed by atoms with Crippen molar-refractivity contribution < 1.29 is 41.0 Å². The van der Waals surface area contributed by atoms with E-state index in [9.17, 15) is 35.9 Å². The molecule has 3 N–H and O–H groups in total. The van der Waals surface area contributed by atoms with Crippen molar-refractivity contribution in [2.75, 3.05) is 11.9 Å². The Hall–Kier alpha value is -4.29. The first-order valence-electron chi connectivity index (χ1n) is 12.7. The number of aromatic nitrogens is 1. The highest BCUT2D eigenvalue weighted by molar-refractivity contribution is 6.33. The van der Waals surface area contributed by atoms with Crippen molar-refractivity contribution in [1.29, 1.82) is 0 Å². The first-order chi connectivity index (χ1) is 20.6. The van der Waals surface area contributed by atoms with Crippen molar-refractivity contribution in [2.45, 2.75) is 25.3 Å². The molecule has 0 saturated heterocycles. The van der Waals surface area contributed by atoms with Gasteiger partial charge in [0.25, 0.3) is 5.91 Å². The summed E-state index contributed by atoms with van der Waals surface area (Å²) < 4.78 is 83.7. The lowest BCUT2D eigenvalue weighted by molar-refractivity contribution is -0.143. The predicted molar refractivity (Wildman–Crippen MR) is 153 cm³/mol. The summed E-state index contributed by atoms with van der Waals surface area (Å²) in [5, 5.41) is 14.6. The van der Waals surface area contributed by atoms with E-state index in [-0.39, 0.29) is 35.3 Å². The van der Waals surface area contributed by atoms with Crippen LogP contribution in [0.1, 0.15) is 33.6 Å². The van der Waals surface area contributed by atoms with E-state index >= 15 is 0 Å². The van der Waals surface area contributed by atoms with E-state index in [1.165, 1.54) is 6.07 Å². The molecule has 230 valence electrons. The maximum absolute atomic E-state index is 14.2. The molecule has 0 saturated carbocycles. The third-order valence-electron chi connectivity index (χ3n) is 6.41. The summed E-state index contributed by atoms with van der Waals surface area (Å²) in [6.07, 6.45) is -9.63. The van der Waals surface area contributed by atoms with Crippen LogP contribution in [0.25, 0.3) is 22.3 Å². The van der Waals surface area contributed by atoms with Gasteiger partial charge in [-0.2, -0.15) is 26.3 Å². The molecular weight excluding hydrogens is 635 g/mol. The van der Waals surface area contributed by atoms with Crippen molar-refractivity contribution in [3.63, 3.8) is 0 Å². The van der Waals surface area contributed by atoms with Crippen LogP contribution in [-0.4, -0.2) is 28.5 Å². The van der Waals surface area contributed by atoms with Gasteiger partial charge in [-0.3, -0.25) is 14.6 Å². The topological polar surface area (TPSA) is 91.3 Å². The van der Waals surface area contributed by atoms with Gasteiger partial charge < -0.3 is 15.7 Å². The Morgan fingerprint density at radius 2 is 1.50 bits per heavy atom. The van der Waals surface area contributed by atoms with E-state index in [0.29, 0.717) is 22.3 Å². The van der Waals surface area contributed by atoms with Gasteiger partial charge in [0.2, 0.25) is 0 Å². The zero-order valence-electron chi connectivity index (χ0n) is 22.3. The number of anilines is 1. The number of hydrogen-bond donors (Lipinski definition) is 3. The lowest BCUT2D eigenvalue weighted by Crippen LogP contribution is -2.26. The molecule has 4 aromatic rings. The van der Waals surface area contributed by atoms with E-state index in [2.05, 4.69) is 15.6 Å². The number of nitrogens with zero attached hydrogens (tertiary/aromatic N) is 1. The molecule has 0 aliphatic carbocycles. The molecule has 0 radical (unpaired) electrons. The first kappa shape index (κ1) is 32.6. The van der Waals surface area contributed by atoms with Crippen LogP contribution in [-0.2, 0) is 23.7 Å². The maximum atomic E-state index is 14.2. The zero-order valence-corrected chi connectivity index (χ0v) is 23.8. The van der Waals surface area contributed by atoms with Crippen molar-refractivity contribution in [3.8, 4) is 22.3 Å². The third-order valence-corrected chi connectivity index (χ3v) is 6.97. The van der Waals surface area contributed by atoms with Crippen LogP contribution in [0.5, 0.6) is 0 Å². The molecular formula is C30H21Cl2F6N3O3. The van der Waals surface area contributed by atoms with Gasteiger partial charge in [-0.1, -0.05) is 47.5 Å². The average molecular weight is 656 g/mol. The average Bonchev–Trinajstić information content (AvgIpc) is 2.95. The number of hydrogen-bond acceptors (Lipinski definition) is 4. The molecule has 0 bridgehead atoms. The number of amides is 1. The molecule has 0 aliphatic heterocycles. The van der Waals surface area contributed by atoms with Crippen molar-refractivity contribution >= 4 is 40.8 Å². The summed E-state index contributed by atoms with van der Waals surface area (Å²) >= 11 is 12.4. The fourth-order valence-corrected chi connectivity index (χ4v) is 4.69. The second-order valence-corrected chi connectivity index (χ2v) is 10.3. The van der Waals surface area contributed by atoms with E-state index < -0.39 is 53.0 Å². The minimum absolute atomic E-state index is 0.0504. The van der Waals surface area contributed by atoms with Gasteiger partial charge in [-0.05, 0) is 59.2 Å². The zero-order chi connectivity index (χ0) is 32.2. The Labute approximate surface area is 256 Å². The minimum Gasteiger partial charge on any atom is -0.481 e. The summed E-state index contributed by atoms with van der Waals surface area (Å²) in [6, 6.07) is 14.4. The molecule has 4 rings (SSSR count). The number of aliphatic carboxylic acids is 1. The summed E-state index contributed by atoms with van der Waals surface area (Å²) in [6.45, 7) is -0.753. The largest absolute Gasteiger partial charge is 0.481 e. The molecule has 44 heavy (non-hydrogen) atoms. The van der Waals surface area contributed by atoms with E-state index in [4.69, 9.17) is 28.3 Å². The van der Waals surface area contributed by atoms with E-state index in [1.54, 1.807) is 36.4 Å². The van der Waals surface area contributed by atoms with Gasteiger partial charge in [0.1, 0.15) is 5.69 Å². The van der Waals surface area contributed by atoms with Gasteiger partial charge >= 0.3 is 18.3 Å². The summed E-state index contributed by atoms with van der Waals surface area (Å²) in [4.78, 5) is 26.8. The molecule has 0 unspecified atom stereocenters. The number of carbonyl (C=O) groups is 2. The third kappa shape index (κ3) is 8.00. The van der Waals surface area contributed by atoms with Crippen LogP contribution >= 0.6 is 23.2 Å². The lowest BCUT2D eigenvalue weighted by atomic mass is 9.92. The summed E-state index contributed by atoms with van der Waals surface area (Å²) in [5.41, 5.74) is -2.59. The van der Waals surface area contributed by atoms with Crippen LogP contribution in [0.2, 0.25) is 10.0 Å². The molecule has 0 fully saturated rings. The highest BCUT2D eigenvalue weighted by Gasteiger charge is 2.39. The number of rotatable bonds is 9. The molecule has 6 nitrogen and oxygen atoms in total. The number of carbonyl (C=O) groups excluding carboxylic acids is 1. The number of nitrogens with one attached hydrogen (secondary N) is 2. The number of pyridine rings is 1. The molecule has 3 aromatic carbocycles. The van der Waals surface area contributed by atoms with E-state index in [0.717, 1.165) is 23.9 Å². The predicted octanol–water partition coefficient (Wildman–Crippen LogP) is 8.58. The van der Waals surface area contributed by atoms with Gasteiger partial charge in [0.15, 0.2) is 0 Å². The Balaban J connectivity index is 1.71. The van der Waals surface area contributed by atoms with Crippen LogP contribution in [0.15, 0.2) is 72.9 Å². The lowest BCUT2D eigenvalue weighted by Gasteiger charge is -2.21. The van der Waals surface area contributed by atoms with Crippen molar-refractivity contribution in [3.05, 3.63) is 105 Å². The second-order valence-electron chi connectivity index (χ2n) is 9.43. The van der Waals surface area contributed by atoms with Crippen LogP contribution < -0.4 is 10.6 Å². The molecule has 0 spiro atoms. The summed E-state index contributed by atoms with van der Waals surface area (Å²) in [7, 11) is 0. The number of halogens is 8. The quantitative estimate of drug-likeness (QED) is 0.157. The van der Waals surface area contributed by atoms with Crippen LogP contribution in [0, 0.1) is 0 Å². The summed E-state index contributed by atoms with van der Waals surface area (Å²) in [5.74, 6) is -1.92. The molecule has 0 aliphatic rings. The molecule has 1 amide bonds. The SMILES string of the molecule is O=C(O)CCNC(=O)c1ccc(-c2cc(C(F)(F)F)cc(C(F)(F)F)c2CNc2ccc(-c3ccc(Cl)cc3)c(Cl)c2)cn1. The highest BCUT2D eigenvalue weighted by atomic mass is 35.5. The second kappa shape index (κ2) is 13.1. The number of benzene rings is 3. The highest BCUT2D eigenvalue weighted by Crippen LogP contribution is 2.42. The fraction of sp³-hybridized carbons (Fsp3) is 0.167. The molecule has 14 heteroatoms. The van der Waals surface area contributed by atoms with Crippen molar-refractivity contribution in [1.82, 2.24) is 10.3 Å². The Morgan fingerprint density at radius 1 is 0.818 bits per heavy atom. The molecule has 1 aromatic heterocycles. The maximum Gasteiger partial charge on any atom is 0.416 e. The molecule has 1 heterocycles. The Bertz CT molecular complexity index is 1680. The Morgan fingerprint density at radius 3 is 2.07 bits per heavy atom. The standard InChI is InChI=1S/C30H21Cl2F6N3O3/c31-19-4-1-16(2-5-19)21-7-6-20(13-25(21)32)40-15-23-22(11-18(29(33,34)35)12-24(23)30(36,37)38)17-3-8-26(41-14-17)28(44)39-10-9-27(42)43/h1-8,11-14,40H,9-10,15H2,(H,39,44)(H,42,43). The van der Waals surface area contributed by atoms with Gasteiger partial charge in [0, 0.05) is 41.1 Å². The fourth-order valence-electron chi connectivity index (χ4n) is 4.28. The first-order valence-corrected chi connectivity index (χ1v) is 13.5. The number of alkyl halides is 6. The van der Waals surface area contributed by atoms with Gasteiger partial charge in [0.05, 0.1) is 22.6 Å².